The van der Waals surface area contributed by atoms with Gasteiger partial charge in [0.25, 0.3) is 0 Å². The average Bonchev–Trinajstić information content (AvgIpc) is 3.00. The number of ether oxygens (including phenoxy) is 2. The summed E-state index contributed by atoms with van der Waals surface area (Å²) in [7, 11) is 1.60. The van der Waals surface area contributed by atoms with Crippen LogP contribution in [0.1, 0.15) is 0 Å². The highest BCUT2D eigenvalue weighted by Crippen LogP contribution is 2.16. The second-order valence-corrected chi connectivity index (χ2v) is 4.57. The second kappa shape index (κ2) is 5.87. The molecule has 0 amide bonds. The van der Waals surface area contributed by atoms with Gasteiger partial charge in [-0.25, -0.2) is 4.98 Å². The van der Waals surface area contributed by atoms with E-state index in [9.17, 15) is 0 Å². The first-order chi connectivity index (χ1) is 9.85. The van der Waals surface area contributed by atoms with Gasteiger partial charge in [0, 0.05) is 37.7 Å². The summed E-state index contributed by atoms with van der Waals surface area (Å²) in [5.41, 5.74) is 0. The van der Waals surface area contributed by atoms with Gasteiger partial charge in [-0.05, 0) is 6.07 Å². The topological polar surface area (TPSA) is 65.3 Å². The van der Waals surface area contributed by atoms with E-state index in [0.29, 0.717) is 18.4 Å². The molecule has 0 spiro atoms. The fraction of sp³-hybridized carbons (Fsp3) is 0.462. The van der Waals surface area contributed by atoms with Crippen molar-refractivity contribution in [2.24, 2.45) is 0 Å². The number of methoxy groups -OCH3 is 1. The molecular weight excluding hydrogens is 258 g/mol. The van der Waals surface area contributed by atoms with Crippen LogP contribution in [0.25, 0.3) is 0 Å². The zero-order valence-corrected chi connectivity index (χ0v) is 11.3. The Balaban J connectivity index is 1.68. The van der Waals surface area contributed by atoms with E-state index in [4.69, 9.17) is 9.47 Å². The molecule has 106 valence electrons. The molecule has 0 saturated carbocycles. The van der Waals surface area contributed by atoms with Crippen molar-refractivity contribution in [2.45, 2.75) is 12.6 Å². The maximum Gasteiger partial charge on any atom is 0.228 e. The van der Waals surface area contributed by atoms with Crippen LogP contribution in [0, 0.1) is 0 Å². The van der Waals surface area contributed by atoms with Crippen molar-refractivity contribution in [1.29, 1.82) is 0 Å². The lowest BCUT2D eigenvalue weighted by molar-refractivity contribution is 0.0269. The molecule has 1 saturated heterocycles. The molecule has 0 bridgehead atoms. The summed E-state index contributed by atoms with van der Waals surface area (Å²) in [6.07, 6.45) is 5.49. The SMILES string of the molecule is COc1ccnc(N2CCO[C@@H](Cn3cccn3)C2)n1. The molecule has 3 rings (SSSR count). The van der Waals surface area contributed by atoms with E-state index in [-0.39, 0.29) is 6.10 Å². The Kier molecular flexibility index (Phi) is 3.78. The summed E-state index contributed by atoms with van der Waals surface area (Å²) in [5, 5.41) is 4.20. The van der Waals surface area contributed by atoms with Crippen LogP contribution in [0.3, 0.4) is 0 Å². The van der Waals surface area contributed by atoms with Crippen LogP contribution < -0.4 is 9.64 Å². The number of nitrogens with zero attached hydrogens (tertiary/aromatic N) is 5. The third-order valence-electron chi connectivity index (χ3n) is 3.20. The summed E-state index contributed by atoms with van der Waals surface area (Å²) in [6, 6.07) is 3.65. The first-order valence-corrected chi connectivity index (χ1v) is 6.56. The van der Waals surface area contributed by atoms with Crippen molar-refractivity contribution in [3.8, 4) is 5.88 Å². The summed E-state index contributed by atoms with van der Waals surface area (Å²) in [5.74, 6) is 1.25. The van der Waals surface area contributed by atoms with Crippen molar-refractivity contribution in [3.05, 3.63) is 30.7 Å². The highest BCUT2D eigenvalue weighted by molar-refractivity contribution is 5.32. The second-order valence-electron chi connectivity index (χ2n) is 4.57. The Labute approximate surface area is 117 Å². The number of hydrogen-bond acceptors (Lipinski definition) is 6. The quantitative estimate of drug-likeness (QED) is 0.813. The van der Waals surface area contributed by atoms with Crippen molar-refractivity contribution in [3.63, 3.8) is 0 Å². The molecule has 2 aromatic rings. The van der Waals surface area contributed by atoms with Gasteiger partial charge in [-0.1, -0.05) is 0 Å². The molecule has 0 aliphatic carbocycles. The van der Waals surface area contributed by atoms with Gasteiger partial charge in [0.05, 0.1) is 26.4 Å². The Morgan fingerprint density at radius 1 is 1.45 bits per heavy atom. The van der Waals surface area contributed by atoms with E-state index in [1.807, 2.05) is 16.9 Å². The Morgan fingerprint density at radius 2 is 2.40 bits per heavy atom. The molecule has 3 heterocycles. The average molecular weight is 275 g/mol. The van der Waals surface area contributed by atoms with Crippen molar-refractivity contribution in [1.82, 2.24) is 19.7 Å². The summed E-state index contributed by atoms with van der Waals surface area (Å²) in [4.78, 5) is 10.8. The van der Waals surface area contributed by atoms with Crippen molar-refractivity contribution < 1.29 is 9.47 Å². The minimum absolute atomic E-state index is 0.0819. The van der Waals surface area contributed by atoms with Crippen LogP contribution in [-0.4, -0.2) is 52.7 Å². The maximum atomic E-state index is 5.77. The predicted octanol–water partition coefficient (Wildman–Crippen LogP) is 0.587. The highest BCUT2D eigenvalue weighted by Gasteiger charge is 2.23. The Hall–Kier alpha value is -2.15. The van der Waals surface area contributed by atoms with Gasteiger partial charge >= 0.3 is 0 Å². The van der Waals surface area contributed by atoms with Crippen molar-refractivity contribution in [2.75, 3.05) is 31.7 Å². The molecule has 7 heteroatoms. The lowest BCUT2D eigenvalue weighted by Gasteiger charge is -2.32. The molecule has 0 unspecified atom stereocenters. The van der Waals surface area contributed by atoms with Gasteiger partial charge in [-0.2, -0.15) is 10.1 Å². The largest absolute Gasteiger partial charge is 0.481 e. The van der Waals surface area contributed by atoms with Crippen LogP contribution in [0.5, 0.6) is 5.88 Å². The zero-order valence-electron chi connectivity index (χ0n) is 11.3. The molecule has 2 aromatic heterocycles. The van der Waals surface area contributed by atoms with Crippen molar-refractivity contribution >= 4 is 5.95 Å². The highest BCUT2D eigenvalue weighted by atomic mass is 16.5. The van der Waals surface area contributed by atoms with E-state index in [1.165, 1.54) is 0 Å². The van der Waals surface area contributed by atoms with Crippen LogP contribution in [0.2, 0.25) is 0 Å². The number of aromatic nitrogens is 4. The van der Waals surface area contributed by atoms with E-state index in [0.717, 1.165) is 19.6 Å². The minimum Gasteiger partial charge on any atom is -0.481 e. The fourth-order valence-corrected chi connectivity index (χ4v) is 2.23. The van der Waals surface area contributed by atoms with Gasteiger partial charge in [0.2, 0.25) is 11.8 Å². The zero-order chi connectivity index (χ0) is 13.8. The van der Waals surface area contributed by atoms with Crippen LogP contribution in [-0.2, 0) is 11.3 Å². The van der Waals surface area contributed by atoms with E-state index < -0.39 is 0 Å². The molecule has 1 aliphatic rings. The van der Waals surface area contributed by atoms with Crippen LogP contribution >= 0.6 is 0 Å². The van der Waals surface area contributed by atoms with Gasteiger partial charge in [-0.15, -0.1) is 0 Å². The summed E-state index contributed by atoms with van der Waals surface area (Å²) < 4.78 is 12.8. The van der Waals surface area contributed by atoms with Crippen LogP contribution in [0.15, 0.2) is 30.7 Å². The molecule has 1 fully saturated rings. The number of rotatable bonds is 4. The number of hydrogen-bond donors (Lipinski definition) is 0. The molecule has 0 aromatic carbocycles. The smallest absolute Gasteiger partial charge is 0.228 e. The lowest BCUT2D eigenvalue weighted by atomic mass is 10.3. The number of morpholine rings is 1. The molecule has 0 radical (unpaired) electrons. The predicted molar refractivity (Wildman–Crippen MR) is 72.8 cm³/mol. The first-order valence-electron chi connectivity index (χ1n) is 6.56. The van der Waals surface area contributed by atoms with Gasteiger partial charge in [0.1, 0.15) is 0 Å². The Morgan fingerprint density at radius 3 is 3.20 bits per heavy atom. The molecule has 0 N–H and O–H groups in total. The monoisotopic (exact) mass is 275 g/mol. The molecule has 1 atom stereocenters. The third-order valence-corrected chi connectivity index (χ3v) is 3.20. The molecule has 1 aliphatic heterocycles. The minimum atomic E-state index is 0.0819. The standard InChI is InChI=1S/C13H17N5O2/c1-19-12-3-5-14-13(16-12)17-7-8-20-11(9-17)10-18-6-2-4-15-18/h2-6,11H,7-10H2,1H3/t11-/m1/s1. The molecule has 20 heavy (non-hydrogen) atoms. The molecule has 7 nitrogen and oxygen atoms in total. The first kappa shape index (κ1) is 12.9. The number of anilines is 1. The normalized spacial score (nSPS) is 19.1. The van der Waals surface area contributed by atoms with Crippen LogP contribution in [0.4, 0.5) is 5.95 Å². The van der Waals surface area contributed by atoms with Gasteiger partial charge in [-0.3, -0.25) is 4.68 Å². The van der Waals surface area contributed by atoms with E-state index >= 15 is 0 Å². The maximum absolute atomic E-state index is 5.77. The van der Waals surface area contributed by atoms with Gasteiger partial charge in [0.15, 0.2) is 0 Å². The lowest BCUT2D eigenvalue weighted by Crippen LogP contribution is -2.45. The van der Waals surface area contributed by atoms with E-state index in [1.54, 1.807) is 25.6 Å². The summed E-state index contributed by atoms with van der Waals surface area (Å²) in [6.45, 7) is 2.91. The van der Waals surface area contributed by atoms with E-state index in [2.05, 4.69) is 20.0 Å². The fourth-order valence-electron chi connectivity index (χ4n) is 2.23. The van der Waals surface area contributed by atoms with Gasteiger partial charge < -0.3 is 14.4 Å². The Bertz CT molecular complexity index is 545. The third kappa shape index (κ3) is 2.88. The summed E-state index contributed by atoms with van der Waals surface area (Å²) >= 11 is 0. The molecular formula is C13H17N5O2.